The lowest BCUT2D eigenvalue weighted by molar-refractivity contribution is -0.148. The van der Waals surface area contributed by atoms with E-state index in [0.717, 1.165) is 12.1 Å². The van der Waals surface area contributed by atoms with E-state index in [2.05, 4.69) is 5.32 Å². The average molecular weight is 345 g/mol. The number of ether oxygens (including phenoxy) is 1. The number of hydrogen-bond acceptors (Lipinski definition) is 2. The minimum absolute atomic E-state index is 0.00251. The molecule has 1 amide bonds. The Morgan fingerprint density at radius 1 is 1.12 bits per heavy atom. The van der Waals surface area contributed by atoms with Gasteiger partial charge in [0.05, 0.1) is 5.69 Å². The molecule has 0 aliphatic carbocycles. The summed E-state index contributed by atoms with van der Waals surface area (Å²) >= 11 is 0. The van der Waals surface area contributed by atoms with E-state index >= 15 is 0 Å². The Hall–Kier alpha value is -2.64. The second-order valence-corrected chi connectivity index (χ2v) is 4.81. The normalized spacial score (nSPS) is 11.4. The molecule has 0 saturated carbocycles. The van der Waals surface area contributed by atoms with Crippen molar-refractivity contribution in [1.82, 2.24) is 0 Å². The number of carbonyl (C=O) groups is 1. The monoisotopic (exact) mass is 345 g/mol. The Morgan fingerprint density at radius 2 is 1.83 bits per heavy atom. The summed E-state index contributed by atoms with van der Waals surface area (Å²) in [5, 5.41) is 2.36. The predicted molar refractivity (Wildman–Crippen MR) is 77.2 cm³/mol. The molecular formula is C16H12F5NO2. The van der Waals surface area contributed by atoms with Gasteiger partial charge in [-0.25, -0.2) is 13.2 Å². The highest BCUT2D eigenvalue weighted by Crippen LogP contribution is 2.28. The molecular weight excluding hydrogens is 333 g/mol. The summed E-state index contributed by atoms with van der Waals surface area (Å²) in [5.41, 5.74) is -0.000425. The summed E-state index contributed by atoms with van der Waals surface area (Å²) in [5.74, 6) is -5.85. The van der Waals surface area contributed by atoms with Crippen LogP contribution in [-0.4, -0.2) is 24.9 Å². The fourth-order valence-electron chi connectivity index (χ4n) is 1.76. The third kappa shape index (κ3) is 4.43. The molecule has 0 heterocycles. The van der Waals surface area contributed by atoms with Gasteiger partial charge in [-0.15, -0.1) is 0 Å². The Kier molecular flexibility index (Phi) is 5.38. The Bertz CT molecular complexity index is 721. The van der Waals surface area contributed by atoms with Crippen molar-refractivity contribution < 1.29 is 31.5 Å². The van der Waals surface area contributed by atoms with Crippen LogP contribution in [0.25, 0.3) is 0 Å². The first-order valence-electron chi connectivity index (χ1n) is 6.74. The third-order valence-corrected chi connectivity index (χ3v) is 2.96. The van der Waals surface area contributed by atoms with Crippen LogP contribution >= 0.6 is 0 Å². The lowest BCUT2D eigenvalue weighted by atomic mass is 10.2. The van der Waals surface area contributed by atoms with Gasteiger partial charge < -0.3 is 10.1 Å². The maximum absolute atomic E-state index is 13.1. The Labute approximate surface area is 134 Å². The molecule has 0 spiro atoms. The van der Waals surface area contributed by atoms with Gasteiger partial charge in [-0.3, -0.25) is 4.79 Å². The lowest BCUT2D eigenvalue weighted by Crippen LogP contribution is -2.33. The van der Waals surface area contributed by atoms with Crippen LogP contribution in [0, 0.1) is 5.82 Å². The molecule has 128 valence electrons. The fraction of sp³-hybridized carbons (Fsp3) is 0.188. The van der Waals surface area contributed by atoms with Crippen LogP contribution in [-0.2, 0) is 0 Å². The molecule has 0 unspecified atom stereocenters. The number of halogens is 5. The first-order chi connectivity index (χ1) is 11.3. The molecule has 0 bridgehead atoms. The highest BCUT2D eigenvalue weighted by molar-refractivity contribution is 6.05. The zero-order chi connectivity index (χ0) is 17.7. The topological polar surface area (TPSA) is 38.3 Å². The first kappa shape index (κ1) is 17.7. The third-order valence-electron chi connectivity index (χ3n) is 2.96. The molecule has 1 N–H and O–H groups in total. The number of alkyl halides is 4. The maximum Gasteiger partial charge on any atom is 0.340 e. The summed E-state index contributed by atoms with van der Waals surface area (Å²) in [4.78, 5) is 12.0. The summed E-state index contributed by atoms with van der Waals surface area (Å²) in [6.07, 6.45) is -3.87. The van der Waals surface area contributed by atoms with Gasteiger partial charge in [-0.05, 0) is 30.3 Å². The molecule has 2 aromatic carbocycles. The van der Waals surface area contributed by atoms with Crippen molar-refractivity contribution in [3.63, 3.8) is 0 Å². The van der Waals surface area contributed by atoms with E-state index < -0.39 is 30.7 Å². The Morgan fingerprint density at radius 3 is 2.50 bits per heavy atom. The fourth-order valence-corrected chi connectivity index (χ4v) is 1.76. The molecule has 0 fully saturated rings. The molecule has 0 atom stereocenters. The van der Waals surface area contributed by atoms with Gasteiger partial charge in [0.15, 0.2) is 6.61 Å². The van der Waals surface area contributed by atoms with Crippen LogP contribution in [0.5, 0.6) is 5.75 Å². The van der Waals surface area contributed by atoms with Crippen LogP contribution in [0.2, 0.25) is 0 Å². The van der Waals surface area contributed by atoms with Crippen molar-refractivity contribution >= 4 is 11.6 Å². The number of hydrogen-bond donors (Lipinski definition) is 1. The van der Waals surface area contributed by atoms with E-state index in [1.807, 2.05) is 0 Å². The van der Waals surface area contributed by atoms with E-state index in [9.17, 15) is 26.7 Å². The van der Waals surface area contributed by atoms with E-state index in [4.69, 9.17) is 4.74 Å². The predicted octanol–water partition coefficient (Wildman–Crippen LogP) is 4.36. The molecule has 24 heavy (non-hydrogen) atoms. The standard InChI is InChI=1S/C16H12F5NO2/c17-11-5-3-4-10(8-11)14(23)22-12-6-1-2-7-13(12)24-9-16(20,21)15(18)19/h1-8,15H,9H2,(H,22,23). The average Bonchev–Trinajstić information content (AvgIpc) is 2.54. The lowest BCUT2D eigenvalue weighted by Gasteiger charge is -2.18. The summed E-state index contributed by atoms with van der Waals surface area (Å²) in [6.45, 7) is -1.54. The van der Waals surface area contributed by atoms with Crippen LogP contribution in [0.3, 0.4) is 0 Å². The van der Waals surface area contributed by atoms with Gasteiger partial charge in [0.25, 0.3) is 5.91 Å². The van der Waals surface area contributed by atoms with Gasteiger partial charge >= 0.3 is 12.3 Å². The molecule has 2 aromatic rings. The number of nitrogens with one attached hydrogen (secondary N) is 1. The van der Waals surface area contributed by atoms with Crippen LogP contribution < -0.4 is 10.1 Å². The quantitative estimate of drug-likeness (QED) is 0.790. The van der Waals surface area contributed by atoms with Crippen molar-refractivity contribution in [2.75, 3.05) is 11.9 Å². The summed E-state index contributed by atoms with van der Waals surface area (Å²) in [7, 11) is 0. The molecule has 3 nitrogen and oxygen atoms in total. The minimum Gasteiger partial charge on any atom is -0.485 e. The van der Waals surface area contributed by atoms with Crippen molar-refractivity contribution in [2.24, 2.45) is 0 Å². The highest BCUT2D eigenvalue weighted by Gasteiger charge is 2.41. The number of carbonyl (C=O) groups excluding carboxylic acids is 1. The molecule has 0 aliphatic heterocycles. The molecule has 0 aromatic heterocycles. The number of amides is 1. The van der Waals surface area contributed by atoms with Crippen molar-refractivity contribution in [3.05, 3.63) is 59.9 Å². The van der Waals surface area contributed by atoms with E-state index in [0.29, 0.717) is 0 Å². The minimum atomic E-state index is -4.32. The summed E-state index contributed by atoms with van der Waals surface area (Å²) in [6, 6.07) is 10.3. The highest BCUT2D eigenvalue weighted by atomic mass is 19.3. The van der Waals surface area contributed by atoms with Crippen molar-refractivity contribution in [3.8, 4) is 5.75 Å². The van der Waals surface area contributed by atoms with Gasteiger partial charge in [-0.1, -0.05) is 18.2 Å². The van der Waals surface area contributed by atoms with Gasteiger partial charge in [0.2, 0.25) is 0 Å². The zero-order valence-corrected chi connectivity index (χ0v) is 12.1. The van der Waals surface area contributed by atoms with Crippen LogP contribution in [0.4, 0.5) is 27.6 Å². The molecule has 8 heteroatoms. The largest absolute Gasteiger partial charge is 0.485 e. The van der Waals surface area contributed by atoms with Crippen LogP contribution in [0.1, 0.15) is 10.4 Å². The second kappa shape index (κ2) is 7.29. The number of benzene rings is 2. The summed E-state index contributed by atoms with van der Waals surface area (Å²) < 4.78 is 68.0. The molecule has 0 saturated heterocycles. The number of anilines is 1. The van der Waals surface area contributed by atoms with E-state index in [1.54, 1.807) is 0 Å². The van der Waals surface area contributed by atoms with E-state index in [-0.39, 0.29) is 17.0 Å². The molecule has 0 aliphatic rings. The van der Waals surface area contributed by atoms with Crippen molar-refractivity contribution in [1.29, 1.82) is 0 Å². The smallest absolute Gasteiger partial charge is 0.340 e. The Balaban J connectivity index is 2.13. The van der Waals surface area contributed by atoms with Gasteiger partial charge in [0, 0.05) is 5.56 Å². The first-order valence-corrected chi connectivity index (χ1v) is 6.74. The van der Waals surface area contributed by atoms with Gasteiger partial charge in [-0.2, -0.15) is 8.78 Å². The second-order valence-electron chi connectivity index (χ2n) is 4.81. The number of rotatable bonds is 6. The molecule has 2 rings (SSSR count). The van der Waals surface area contributed by atoms with E-state index in [1.165, 1.54) is 36.4 Å². The molecule has 0 radical (unpaired) electrons. The van der Waals surface area contributed by atoms with Crippen LogP contribution in [0.15, 0.2) is 48.5 Å². The van der Waals surface area contributed by atoms with Gasteiger partial charge in [0.1, 0.15) is 11.6 Å². The van der Waals surface area contributed by atoms with Crippen molar-refractivity contribution in [2.45, 2.75) is 12.3 Å². The number of para-hydroxylation sites is 2. The SMILES string of the molecule is O=C(Nc1ccccc1OCC(F)(F)C(F)F)c1cccc(F)c1. The zero-order valence-electron chi connectivity index (χ0n) is 12.1. The maximum atomic E-state index is 13.1.